The number of nitrogens with one attached hydrogen (secondary N) is 2. The second-order valence-corrected chi connectivity index (χ2v) is 5.06. The van der Waals surface area contributed by atoms with Gasteiger partial charge in [0, 0.05) is 16.5 Å². The van der Waals surface area contributed by atoms with Crippen LogP contribution in [0.2, 0.25) is 0 Å². The van der Waals surface area contributed by atoms with Crippen molar-refractivity contribution in [1.82, 2.24) is 19.9 Å². The summed E-state index contributed by atoms with van der Waals surface area (Å²) in [6, 6.07) is 8.81. The Hall–Kier alpha value is -3.55. The van der Waals surface area contributed by atoms with Crippen molar-refractivity contribution in [3.63, 3.8) is 0 Å². The number of benzene rings is 1. The van der Waals surface area contributed by atoms with Crippen LogP contribution in [0.1, 0.15) is 5.56 Å². The molecule has 0 amide bonds. The number of oxime groups is 1. The van der Waals surface area contributed by atoms with Crippen molar-refractivity contribution in [3.05, 3.63) is 42.2 Å². The average Bonchev–Trinajstić information content (AvgIpc) is 3.15. The van der Waals surface area contributed by atoms with E-state index in [1.54, 1.807) is 30.6 Å². The molecule has 8 nitrogen and oxygen atoms in total. The standard InChI is InChI=1S/C15H12N6O2/c16-13(21-23)7-1-2-9-8(5-7)12(15(22)20-9)10-3-4-11-14(19-10)18-6-17-11/h1-6,20,22-23H,(H2,16,21)(H,17,18,19). The first-order valence-electron chi connectivity index (χ1n) is 6.80. The van der Waals surface area contributed by atoms with Gasteiger partial charge in [0.2, 0.25) is 0 Å². The summed E-state index contributed by atoms with van der Waals surface area (Å²) in [6.07, 6.45) is 1.56. The smallest absolute Gasteiger partial charge is 0.199 e. The van der Waals surface area contributed by atoms with Crippen molar-refractivity contribution in [2.75, 3.05) is 0 Å². The molecular formula is C15H12N6O2. The molecular weight excluding hydrogens is 296 g/mol. The van der Waals surface area contributed by atoms with Gasteiger partial charge in [0.1, 0.15) is 0 Å². The molecule has 6 N–H and O–H groups in total. The van der Waals surface area contributed by atoms with E-state index in [9.17, 15) is 5.11 Å². The number of rotatable bonds is 2. The highest BCUT2D eigenvalue weighted by Crippen LogP contribution is 2.36. The minimum absolute atomic E-state index is 0.000885. The van der Waals surface area contributed by atoms with E-state index < -0.39 is 0 Å². The Labute approximate surface area is 129 Å². The predicted octanol–water partition coefficient (Wildman–Crippen LogP) is 1.91. The number of H-pyrrole nitrogens is 2. The van der Waals surface area contributed by atoms with Crippen LogP contribution in [0.15, 0.2) is 41.8 Å². The van der Waals surface area contributed by atoms with Gasteiger partial charge >= 0.3 is 0 Å². The summed E-state index contributed by atoms with van der Waals surface area (Å²) in [6.45, 7) is 0. The lowest BCUT2D eigenvalue weighted by molar-refractivity contribution is 0.318. The quantitative estimate of drug-likeness (QED) is 0.167. The monoisotopic (exact) mass is 308 g/mol. The molecule has 0 radical (unpaired) electrons. The molecule has 0 aliphatic carbocycles. The van der Waals surface area contributed by atoms with E-state index in [4.69, 9.17) is 10.9 Å². The van der Waals surface area contributed by atoms with Gasteiger partial charge in [-0.3, -0.25) is 0 Å². The lowest BCUT2D eigenvalue weighted by Gasteiger charge is -2.02. The highest BCUT2D eigenvalue weighted by Gasteiger charge is 2.16. The molecule has 0 unspecified atom stereocenters. The summed E-state index contributed by atoms with van der Waals surface area (Å²) >= 11 is 0. The third kappa shape index (κ3) is 1.96. The molecule has 0 saturated carbocycles. The Morgan fingerprint density at radius 2 is 2.00 bits per heavy atom. The maximum absolute atomic E-state index is 10.3. The molecule has 3 aromatic heterocycles. The number of aromatic amines is 2. The zero-order valence-electron chi connectivity index (χ0n) is 11.8. The van der Waals surface area contributed by atoms with Crippen LogP contribution in [0.4, 0.5) is 0 Å². The first-order valence-corrected chi connectivity index (χ1v) is 6.80. The number of imidazole rings is 1. The van der Waals surface area contributed by atoms with Crippen molar-refractivity contribution in [2.45, 2.75) is 0 Å². The van der Waals surface area contributed by atoms with Gasteiger partial charge in [-0.05, 0) is 30.3 Å². The SMILES string of the molecule is NC(=NO)c1ccc2[nH]c(O)c(-c3ccc4[nH]cnc4n3)c2c1. The van der Waals surface area contributed by atoms with Gasteiger partial charge in [-0.15, -0.1) is 0 Å². The van der Waals surface area contributed by atoms with Gasteiger partial charge in [-0.1, -0.05) is 5.16 Å². The molecule has 0 aliphatic rings. The topological polar surface area (TPSA) is 136 Å². The Balaban J connectivity index is 1.99. The molecule has 0 saturated heterocycles. The van der Waals surface area contributed by atoms with Crippen LogP contribution < -0.4 is 5.73 Å². The van der Waals surface area contributed by atoms with Crippen molar-refractivity contribution < 1.29 is 10.3 Å². The molecule has 3 heterocycles. The maximum Gasteiger partial charge on any atom is 0.199 e. The van der Waals surface area contributed by atoms with E-state index in [1.807, 2.05) is 6.07 Å². The highest BCUT2D eigenvalue weighted by molar-refractivity contribution is 6.05. The Bertz CT molecular complexity index is 1060. The molecule has 0 spiro atoms. The summed E-state index contributed by atoms with van der Waals surface area (Å²) in [4.78, 5) is 14.4. The minimum Gasteiger partial charge on any atom is -0.494 e. The lowest BCUT2D eigenvalue weighted by Crippen LogP contribution is -2.12. The van der Waals surface area contributed by atoms with Gasteiger partial charge in [-0.2, -0.15) is 0 Å². The summed E-state index contributed by atoms with van der Waals surface area (Å²) in [7, 11) is 0. The predicted molar refractivity (Wildman–Crippen MR) is 85.4 cm³/mol. The number of pyridine rings is 1. The fraction of sp³-hybridized carbons (Fsp3) is 0. The number of aromatic hydroxyl groups is 1. The molecule has 0 fully saturated rings. The minimum atomic E-state index is -0.00532. The van der Waals surface area contributed by atoms with Crippen LogP contribution in [0.3, 0.4) is 0 Å². The van der Waals surface area contributed by atoms with Crippen LogP contribution in [0.5, 0.6) is 5.88 Å². The Morgan fingerprint density at radius 1 is 1.17 bits per heavy atom. The van der Waals surface area contributed by atoms with E-state index in [2.05, 4.69) is 25.1 Å². The Morgan fingerprint density at radius 3 is 2.83 bits per heavy atom. The zero-order valence-corrected chi connectivity index (χ0v) is 11.8. The summed E-state index contributed by atoms with van der Waals surface area (Å²) in [5.74, 6) is -0.00621. The van der Waals surface area contributed by atoms with E-state index in [1.165, 1.54) is 0 Å². The fourth-order valence-electron chi connectivity index (χ4n) is 2.62. The average molecular weight is 308 g/mol. The van der Waals surface area contributed by atoms with Crippen LogP contribution in [0.25, 0.3) is 33.3 Å². The van der Waals surface area contributed by atoms with Gasteiger partial charge in [0.25, 0.3) is 0 Å². The number of nitrogens with two attached hydrogens (primary N) is 1. The number of hydrogen-bond acceptors (Lipinski definition) is 5. The summed E-state index contributed by atoms with van der Waals surface area (Å²) < 4.78 is 0. The highest BCUT2D eigenvalue weighted by atomic mass is 16.4. The maximum atomic E-state index is 10.3. The van der Waals surface area contributed by atoms with E-state index in [0.29, 0.717) is 27.9 Å². The fourth-order valence-corrected chi connectivity index (χ4v) is 2.62. The molecule has 8 heteroatoms. The number of nitrogens with zero attached hydrogens (tertiary/aromatic N) is 3. The second kappa shape index (κ2) is 4.73. The lowest BCUT2D eigenvalue weighted by atomic mass is 10.1. The van der Waals surface area contributed by atoms with Crippen LogP contribution >= 0.6 is 0 Å². The third-order valence-electron chi connectivity index (χ3n) is 3.72. The van der Waals surface area contributed by atoms with Gasteiger partial charge < -0.3 is 26.0 Å². The van der Waals surface area contributed by atoms with E-state index >= 15 is 0 Å². The second-order valence-electron chi connectivity index (χ2n) is 5.06. The molecule has 23 heavy (non-hydrogen) atoms. The number of aromatic nitrogens is 4. The first-order chi connectivity index (χ1) is 11.2. The van der Waals surface area contributed by atoms with E-state index in [-0.39, 0.29) is 11.7 Å². The molecule has 114 valence electrons. The van der Waals surface area contributed by atoms with Gasteiger partial charge in [0.15, 0.2) is 17.4 Å². The number of hydrogen-bond donors (Lipinski definition) is 5. The molecule has 1 aromatic carbocycles. The largest absolute Gasteiger partial charge is 0.494 e. The van der Waals surface area contributed by atoms with Crippen LogP contribution in [0, 0.1) is 0 Å². The molecule has 0 bridgehead atoms. The van der Waals surface area contributed by atoms with Crippen molar-refractivity contribution in [2.24, 2.45) is 10.9 Å². The van der Waals surface area contributed by atoms with Crippen molar-refractivity contribution in [3.8, 4) is 17.1 Å². The number of amidine groups is 1. The van der Waals surface area contributed by atoms with Gasteiger partial charge in [-0.25, -0.2) is 9.97 Å². The van der Waals surface area contributed by atoms with Crippen LogP contribution in [-0.2, 0) is 0 Å². The zero-order chi connectivity index (χ0) is 16.0. The van der Waals surface area contributed by atoms with Gasteiger partial charge in [0.05, 0.1) is 23.1 Å². The molecule has 4 aromatic rings. The first kappa shape index (κ1) is 13.1. The normalized spacial score (nSPS) is 12.3. The number of fused-ring (bicyclic) bond motifs is 2. The summed E-state index contributed by atoms with van der Waals surface area (Å²) in [5.41, 5.74) is 9.38. The Kier molecular flexibility index (Phi) is 2.70. The molecule has 0 atom stereocenters. The van der Waals surface area contributed by atoms with E-state index in [0.717, 1.165) is 11.0 Å². The summed E-state index contributed by atoms with van der Waals surface area (Å²) in [5, 5.41) is 22.8. The van der Waals surface area contributed by atoms with Crippen LogP contribution in [-0.4, -0.2) is 36.1 Å². The molecule has 4 rings (SSSR count). The molecule has 0 aliphatic heterocycles. The van der Waals surface area contributed by atoms with Crippen molar-refractivity contribution >= 4 is 27.9 Å². The van der Waals surface area contributed by atoms with Crippen molar-refractivity contribution in [1.29, 1.82) is 0 Å². The third-order valence-corrected chi connectivity index (χ3v) is 3.72.